The molecule has 1 aromatic carbocycles. The van der Waals surface area contributed by atoms with Gasteiger partial charge >= 0.3 is 0 Å². The molecule has 0 aliphatic heterocycles. The molecule has 0 radical (unpaired) electrons. The molecular weight excluding hydrogens is 450 g/mol. The van der Waals surface area contributed by atoms with E-state index in [-0.39, 0.29) is 40.9 Å². The summed E-state index contributed by atoms with van der Waals surface area (Å²) < 4.78 is 0. The number of benzene rings is 1. The lowest BCUT2D eigenvalue weighted by Gasteiger charge is -2.46. The molecule has 3 aliphatic rings. The Bertz CT molecular complexity index is 1280. The molecule has 0 aromatic heterocycles. The van der Waals surface area contributed by atoms with E-state index in [0.717, 1.165) is 6.07 Å². The third-order valence-corrected chi connectivity index (χ3v) is 6.64. The summed E-state index contributed by atoms with van der Waals surface area (Å²) in [6, 6.07) is 2.42. The number of Topliss-reactive ketones (excluding diaryl/α,β-unsaturated/α-hetero) is 2. The van der Waals surface area contributed by atoms with Crippen LogP contribution in [0.15, 0.2) is 34.2 Å². The molecule has 12 heteroatoms. The quantitative estimate of drug-likeness (QED) is 0.101. The number of aliphatic hydroxyl groups is 3. The number of carbonyl (C=O) groups is 4. The Morgan fingerprint density at radius 2 is 1.85 bits per heavy atom. The molecule has 0 unspecified atom stereocenters. The predicted octanol–water partition coefficient (Wildman–Crippen LogP) is -0.0387. The lowest BCUT2D eigenvalue weighted by Crippen LogP contribution is -2.58. The number of phenolic OH excluding ortho intramolecular Hbond substituents is 1. The molecule has 0 heterocycles. The molecule has 2 amide bonds. The minimum atomic E-state index is -2.66. The van der Waals surface area contributed by atoms with Gasteiger partial charge in [0, 0.05) is 23.5 Å². The predicted molar refractivity (Wildman–Crippen MR) is 114 cm³/mol. The van der Waals surface area contributed by atoms with Crippen molar-refractivity contribution in [2.24, 2.45) is 22.7 Å². The number of nitrogens with two attached hydrogens (primary N) is 1. The number of aliphatic hydroxyl groups excluding tert-OH is 2. The summed E-state index contributed by atoms with van der Waals surface area (Å²) in [4.78, 5) is 50.1. The number of aromatic hydroxyl groups is 1. The minimum absolute atomic E-state index is 0.0269. The Morgan fingerprint density at radius 3 is 2.47 bits per heavy atom. The zero-order valence-corrected chi connectivity index (χ0v) is 17.8. The third-order valence-electron chi connectivity index (χ3n) is 6.64. The van der Waals surface area contributed by atoms with Crippen LogP contribution in [-0.2, 0) is 20.8 Å². The van der Waals surface area contributed by atoms with E-state index in [1.165, 1.54) is 13.0 Å². The second-order valence-electron chi connectivity index (χ2n) is 8.53. The molecule has 8 N–H and O–H groups in total. The number of rotatable bonds is 2. The fraction of sp³-hybridized carbons (Fsp3) is 0.318. The zero-order valence-electron chi connectivity index (χ0n) is 17.8. The van der Waals surface area contributed by atoms with Crippen LogP contribution in [0.5, 0.6) is 5.75 Å². The average molecular weight is 471 g/mol. The topological polar surface area (TPSA) is 220 Å². The molecule has 1 fully saturated rings. The highest BCUT2D eigenvalue weighted by atomic mass is 16.4. The number of hydrogen-bond acceptors (Lipinski definition) is 10. The number of phenols is 1. The fourth-order valence-electron chi connectivity index (χ4n) is 5.09. The van der Waals surface area contributed by atoms with Gasteiger partial charge in [-0.2, -0.15) is 0 Å². The maximum absolute atomic E-state index is 13.4. The van der Waals surface area contributed by atoms with E-state index < -0.39 is 70.1 Å². The maximum atomic E-state index is 13.4. The normalized spacial score (nSPS) is 26.6. The van der Waals surface area contributed by atoms with E-state index in [1.807, 2.05) is 0 Å². The van der Waals surface area contributed by atoms with Crippen LogP contribution in [-0.4, -0.2) is 60.5 Å². The van der Waals surface area contributed by atoms with Crippen molar-refractivity contribution < 1.29 is 44.8 Å². The molecule has 34 heavy (non-hydrogen) atoms. The average Bonchev–Trinajstić information content (AvgIpc) is 2.75. The molecular formula is C22H21N3O9. The van der Waals surface area contributed by atoms with E-state index in [2.05, 4.69) is 10.5 Å². The first-order chi connectivity index (χ1) is 15.9. The Hall–Kier alpha value is -4.19. The maximum Gasteiger partial charge on any atom is 0.256 e. The SMILES string of the molecule is C/C(=N\O)NC(=O)c1ccc(O)c2c1C[C@H]1C[C@H]3CC(=O)C(C(N)=O)=C(O)[C@@]3(O)C(=O)C1=C2O. The van der Waals surface area contributed by atoms with Crippen LogP contribution in [0.1, 0.15) is 41.3 Å². The first-order valence-corrected chi connectivity index (χ1v) is 10.3. The van der Waals surface area contributed by atoms with E-state index in [4.69, 9.17) is 10.9 Å². The molecule has 1 saturated carbocycles. The number of ketones is 2. The van der Waals surface area contributed by atoms with Crippen LogP contribution in [0.2, 0.25) is 0 Å². The van der Waals surface area contributed by atoms with Crippen LogP contribution in [0.25, 0.3) is 5.76 Å². The van der Waals surface area contributed by atoms with Crippen LogP contribution >= 0.6 is 0 Å². The Morgan fingerprint density at radius 1 is 1.18 bits per heavy atom. The van der Waals surface area contributed by atoms with Crippen LogP contribution in [0.3, 0.4) is 0 Å². The number of amidine groups is 1. The van der Waals surface area contributed by atoms with Gasteiger partial charge < -0.3 is 36.7 Å². The first-order valence-electron chi connectivity index (χ1n) is 10.3. The van der Waals surface area contributed by atoms with Crippen LogP contribution in [0, 0.1) is 11.8 Å². The van der Waals surface area contributed by atoms with Gasteiger partial charge in [0.1, 0.15) is 28.7 Å². The number of nitrogens with one attached hydrogen (secondary N) is 1. The van der Waals surface area contributed by atoms with Gasteiger partial charge in [0.05, 0.1) is 5.56 Å². The highest BCUT2D eigenvalue weighted by Gasteiger charge is 2.60. The Labute approximate surface area is 191 Å². The van der Waals surface area contributed by atoms with Crippen molar-refractivity contribution in [1.82, 2.24) is 5.32 Å². The van der Waals surface area contributed by atoms with Gasteiger partial charge in [-0.15, -0.1) is 0 Å². The van der Waals surface area contributed by atoms with Gasteiger partial charge in [-0.05, 0) is 43.4 Å². The highest BCUT2D eigenvalue weighted by Crippen LogP contribution is 2.52. The number of hydrogen-bond donors (Lipinski definition) is 7. The minimum Gasteiger partial charge on any atom is -0.508 e. The van der Waals surface area contributed by atoms with Gasteiger partial charge in [0.15, 0.2) is 11.4 Å². The van der Waals surface area contributed by atoms with E-state index in [1.54, 1.807) is 0 Å². The number of nitrogens with zero attached hydrogens (tertiary/aromatic N) is 1. The lowest BCUT2D eigenvalue weighted by molar-refractivity contribution is -0.147. The number of oxime groups is 1. The highest BCUT2D eigenvalue weighted by molar-refractivity contribution is 6.22. The van der Waals surface area contributed by atoms with Gasteiger partial charge in [0.2, 0.25) is 5.78 Å². The van der Waals surface area contributed by atoms with Crippen LogP contribution < -0.4 is 11.1 Å². The van der Waals surface area contributed by atoms with Crippen LogP contribution in [0.4, 0.5) is 0 Å². The first kappa shape index (κ1) is 23.0. The molecule has 3 aliphatic carbocycles. The second-order valence-corrected chi connectivity index (χ2v) is 8.53. The Kier molecular flexibility index (Phi) is 5.20. The molecule has 0 spiro atoms. The standard InChI is InChI=1S/C22H21N3O9/c1-7(25-34)24-21(32)10-2-3-12(26)15-11(10)5-8-4-9-6-13(27)16(20(23)31)19(30)22(9,33)18(29)14(8)17(15)28/h2-3,8-9,26,28,30,33-34H,4-6H2,1H3,(H2,23,31)(H,24,25,32)/t8-,9+,22+/m1/s1. The van der Waals surface area contributed by atoms with Crippen molar-refractivity contribution in [3.05, 3.63) is 45.7 Å². The molecule has 1 aromatic rings. The second kappa shape index (κ2) is 7.70. The van der Waals surface area contributed by atoms with Crippen molar-refractivity contribution in [2.45, 2.75) is 31.8 Å². The summed E-state index contributed by atoms with van der Waals surface area (Å²) in [6.07, 6.45) is -0.529. The molecule has 0 bridgehead atoms. The molecule has 12 nitrogen and oxygen atoms in total. The third kappa shape index (κ3) is 3.06. The van der Waals surface area contributed by atoms with E-state index in [9.17, 15) is 39.6 Å². The van der Waals surface area contributed by atoms with Gasteiger partial charge in [-0.1, -0.05) is 5.16 Å². The smallest absolute Gasteiger partial charge is 0.256 e. The number of amides is 2. The Balaban J connectivity index is 1.89. The van der Waals surface area contributed by atoms with Crippen molar-refractivity contribution in [3.8, 4) is 5.75 Å². The van der Waals surface area contributed by atoms with Gasteiger partial charge in [0.25, 0.3) is 11.8 Å². The summed E-state index contributed by atoms with van der Waals surface area (Å²) in [5.74, 6) is -8.24. The summed E-state index contributed by atoms with van der Waals surface area (Å²) >= 11 is 0. The summed E-state index contributed by atoms with van der Waals surface area (Å²) in [6.45, 7) is 1.33. The fourth-order valence-corrected chi connectivity index (χ4v) is 5.09. The molecule has 4 rings (SSSR count). The largest absolute Gasteiger partial charge is 0.508 e. The molecule has 3 atom stereocenters. The number of primary amides is 1. The van der Waals surface area contributed by atoms with E-state index >= 15 is 0 Å². The van der Waals surface area contributed by atoms with Crippen molar-refractivity contribution >= 4 is 35.0 Å². The monoisotopic (exact) mass is 471 g/mol. The number of carbonyl (C=O) groups excluding carboxylic acids is 4. The van der Waals surface area contributed by atoms with Gasteiger partial charge in [-0.25, -0.2) is 0 Å². The lowest BCUT2D eigenvalue weighted by atomic mass is 9.59. The molecule has 178 valence electrons. The van der Waals surface area contributed by atoms with Crippen molar-refractivity contribution in [3.63, 3.8) is 0 Å². The zero-order chi connectivity index (χ0) is 25.1. The van der Waals surface area contributed by atoms with Crippen molar-refractivity contribution in [2.75, 3.05) is 0 Å². The van der Waals surface area contributed by atoms with E-state index in [0.29, 0.717) is 0 Å². The van der Waals surface area contributed by atoms with Gasteiger partial charge in [-0.3, -0.25) is 19.2 Å². The molecule has 0 saturated heterocycles. The van der Waals surface area contributed by atoms with Crippen molar-refractivity contribution in [1.29, 1.82) is 0 Å². The summed E-state index contributed by atoms with van der Waals surface area (Å²) in [5.41, 5.74) is 1.34. The summed E-state index contributed by atoms with van der Waals surface area (Å²) in [7, 11) is 0. The summed E-state index contributed by atoms with van der Waals surface area (Å²) in [5, 5.41) is 57.1. The number of fused-ring (bicyclic) bond motifs is 3.